The molecule has 0 bridgehead atoms. The smallest absolute Gasteiger partial charge is 0.167 e. The zero-order valence-corrected chi connectivity index (χ0v) is 9.18. The van der Waals surface area contributed by atoms with Crippen LogP contribution in [0.15, 0.2) is 0 Å². The first-order chi connectivity index (χ1) is 5.29. The van der Waals surface area contributed by atoms with Gasteiger partial charge in [0.25, 0.3) is 0 Å². The fourth-order valence-electron chi connectivity index (χ4n) is 1.07. The molecule has 0 saturated heterocycles. The Morgan fingerprint density at radius 1 is 1.42 bits per heavy atom. The van der Waals surface area contributed by atoms with Crippen molar-refractivity contribution in [3.63, 3.8) is 0 Å². The average Bonchev–Trinajstić information content (AvgIpc) is 1.99. The van der Waals surface area contributed by atoms with Crippen molar-refractivity contribution in [1.82, 2.24) is 0 Å². The van der Waals surface area contributed by atoms with Crippen LogP contribution in [0.2, 0.25) is 0 Å². The van der Waals surface area contributed by atoms with E-state index in [2.05, 4.69) is 15.9 Å². The van der Waals surface area contributed by atoms with Crippen LogP contribution >= 0.6 is 15.9 Å². The van der Waals surface area contributed by atoms with Gasteiger partial charge in [0.1, 0.15) is 0 Å². The summed E-state index contributed by atoms with van der Waals surface area (Å²) in [6.07, 6.45) is 0.407. The number of hydrogen-bond donors (Lipinski definition) is 2. The molecule has 0 radical (unpaired) electrons. The van der Waals surface area contributed by atoms with Gasteiger partial charge in [0, 0.05) is 6.42 Å². The molecule has 0 aromatic heterocycles. The van der Waals surface area contributed by atoms with E-state index < -0.39 is 10.1 Å². The molecule has 2 N–H and O–H groups in total. The maximum absolute atomic E-state index is 11.3. The molecule has 0 fully saturated rings. The van der Waals surface area contributed by atoms with Crippen LogP contribution in [-0.2, 0) is 4.79 Å². The Morgan fingerprint density at radius 2 is 1.83 bits per heavy atom. The van der Waals surface area contributed by atoms with Gasteiger partial charge in [0.2, 0.25) is 0 Å². The molecule has 0 aromatic rings. The van der Waals surface area contributed by atoms with Crippen LogP contribution in [0.3, 0.4) is 0 Å². The van der Waals surface area contributed by atoms with Crippen molar-refractivity contribution in [3.05, 3.63) is 0 Å². The number of ketones is 1. The molecule has 0 aliphatic rings. The van der Waals surface area contributed by atoms with Crippen LogP contribution in [0.25, 0.3) is 0 Å². The molecule has 0 amide bonds. The Balaban J connectivity index is 4.80. The number of halogens is 1. The Morgan fingerprint density at radius 3 is 1.92 bits per heavy atom. The van der Waals surface area contributed by atoms with Crippen molar-refractivity contribution >= 4 is 21.7 Å². The average molecular weight is 239 g/mol. The molecule has 0 heterocycles. The molecule has 2 atom stereocenters. The molecule has 0 unspecified atom stereocenters. The van der Waals surface area contributed by atoms with Crippen molar-refractivity contribution in [2.24, 2.45) is 0 Å². The molecule has 0 aliphatic heterocycles. The standard InChI is InChI=1S/C8H15BrO3/c1-4-6(10)8(12,5-2)7(3,9)11/h11-12H,4-5H2,1-3H3/t7-,8-/m0/s1. The van der Waals surface area contributed by atoms with Crippen molar-refractivity contribution in [3.8, 4) is 0 Å². The molecule has 0 aromatic carbocycles. The zero-order valence-electron chi connectivity index (χ0n) is 7.59. The largest absolute Gasteiger partial charge is 0.378 e. The van der Waals surface area contributed by atoms with E-state index >= 15 is 0 Å². The van der Waals surface area contributed by atoms with Gasteiger partial charge in [0.05, 0.1) is 0 Å². The summed E-state index contributed by atoms with van der Waals surface area (Å²) in [7, 11) is 0. The van der Waals surface area contributed by atoms with Crippen molar-refractivity contribution < 1.29 is 15.0 Å². The van der Waals surface area contributed by atoms with Crippen LogP contribution in [0.4, 0.5) is 0 Å². The highest BCUT2D eigenvalue weighted by atomic mass is 79.9. The van der Waals surface area contributed by atoms with E-state index in [1.54, 1.807) is 13.8 Å². The monoisotopic (exact) mass is 238 g/mol. The predicted molar refractivity (Wildman–Crippen MR) is 50.1 cm³/mol. The molecule has 0 rings (SSSR count). The molecule has 0 saturated carbocycles. The van der Waals surface area contributed by atoms with Gasteiger partial charge in [-0.1, -0.05) is 29.8 Å². The van der Waals surface area contributed by atoms with Gasteiger partial charge in [-0.3, -0.25) is 4.79 Å². The maximum Gasteiger partial charge on any atom is 0.167 e. The number of aliphatic hydroxyl groups is 2. The van der Waals surface area contributed by atoms with E-state index in [0.29, 0.717) is 0 Å². The summed E-state index contributed by atoms with van der Waals surface area (Å²) in [5.41, 5.74) is -1.68. The summed E-state index contributed by atoms with van der Waals surface area (Å²) in [5, 5.41) is 19.3. The molecule has 3 nitrogen and oxygen atoms in total. The Labute approximate surface area is 80.9 Å². The van der Waals surface area contributed by atoms with Crippen molar-refractivity contribution in [2.45, 2.75) is 43.7 Å². The first-order valence-corrected chi connectivity index (χ1v) is 4.75. The van der Waals surface area contributed by atoms with Gasteiger partial charge in [-0.25, -0.2) is 0 Å². The first-order valence-electron chi connectivity index (χ1n) is 3.96. The number of carbonyl (C=O) groups is 1. The summed E-state index contributed by atoms with van der Waals surface area (Å²) >= 11 is 2.89. The van der Waals surface area contributed by atoms with Crippen molar-refractivity contribution in [1.29, 1.82) is 0 Å². The van der Waals surface area contributed by atoms with Crippen molar-refractivity contribution in [2.75, 3.05) is 0 Å². The number of alkyl halides is 1. The minimum Gasteiger partial charge on any atom is -0.378 e. The SMILES string of the molecule is CCC(=O)[C@@](O)(CC)[C@](C)(O)Br. The number of rotatable bonds is 4. The van der Waals surface area contributed by atoms with Crippen LogP contribution in [0.1, 0.15) is 33.6 Å². The Bertz CT molecular complexity index is 174. The second-order valence-corrected chi connectivity index (χ2v) is 4.49. The lowest BCUT2D eigenvalue weighted by Gasteiger charge is -2.34. The van der Waals surface area contributed by atoms with E-state index in [1.807, 2.05) is 0 Å². The zero-order chi connectivity index (χ0) is 9.99. The predicted octanol–water partition coefficient (Wildman–Crippen LogP) is 1.21. The van der Waals surface area contributed by atoms with Crippen LogP contribution in [0, 0.1) is 0 Å². The third kappa shape index (κ3) is 2.06. The normalized spacial score (nSPS) is 21.2. The summed E-state index contributed by atoms with van der Waals surface area (Å²) < 4.78 is -1.55. The summed E-state index contributed by atoms with van der Waals surface area (Å²) in [4.78, 5) is 11.3. The van der Waals surface area contributed by atoms with E-state index in [-0.39, 0.29) is 18.6 Å². The van der Waals surface area contributed by atoms with E-state index in [1.165, 1.54) is 6.92 Å². The lowest BCUT2D eigenvalue weighted by Crippen LogP contribution is -2.53. The molecule has 12 heavy (non-hydrogen) atoms. The summed E-state index contributed by atoms with van der Waals surface area (Å²) in [6.45, 7) is 4.68. The highest BCUT2D eigenvalue weighted by molar-refractivity contribution is 9.10. The molecular weight excluding hydrogens is 224 g/mol. The number of Topliss-reactive ketones (excluding diaryl/α,β-unsaturated/α-hetero) is 1. The van der Waals surface area contributed by atoms with E-state index in [4.69, 9.17) is 0 Å². The highest BCUT2D eigenvalue weighted by Crippen LogP contribution is 2.32. The quantitative estimate of drug-likeness (QED) is 0.725. The van der Waals surface area contributed by atoms with Gasteiger partial charge >= 0.3 is 0 Å². The third-order valence-electron chi connectivity index (χ3n) is 2.05. The minimum absolute atomic E-state index is 0.192. The second-order valence-electron chi connectivity index (χ2n) is 2.94. The second kappa shape index (κ2) is 3.85. The van der Waals surface area contributed by atoms with Crippen LogP contribution < -0.4 is 0 Å². The fraction of sp³-hybridized carbons (Fsp3) is 0.875. The number of hydrogen-bond acceptors (Lipinski definition) is 3. The lowest BCUT2D eigenvalue weighted by atomic mass is 9.88. The van der Waals surface area contributed by atoms with Gasteiger partial charge in [0.15, 0.2) is 15.9 Å². The Kier molecular flexibility index (Phi) is 3.87. The van der Waals surface area contributed by atoms with Gasteiger partial charge in [-0.05, 0) is 13.3 Å². The summed E-state index contributed by atoms with van der Waals surface area (Å²) in [5.74, 6) is -0.355. The highest BCUT2D eigenvalue weighted by Gasteiger charge is 2.47. The van der Waals surface area contributed by atoms with Crippen LogP contribution in [-0.4, -0.2) is 26.1 Å². The molecular formula is C8H15BrO3. The minimum atomic E-state index is -1.68. The summed E-state index contributed by atoms with van der Waals surface area (Å²) in [6, 6.07) is 0. The molecule has 4 heteroatoms. The Hall–Kier alpha value is 0.0700. The number of carbonyl (C=O) groups excluding carboxylic acids is 1. The van der Waals surface area contributed by atoms with Gasteiger partial charge in [-0.15, -0.1) is 0 Å². The van der Waals surface area contributed by atoms with Gasteiger partial charge in [-0.2, -0.15) is 0 Å². The van der Waals surface area contributed by atoms with Crippen LogP contribution in [0.5, 0.6) is 0 Å². The first kappa shape index (κ1) is 12.1. The van der Waals surface area contributed by atoms with E-state index in [0.717, 1.165) is 0 Å². The fourth-order valence-corrected chi connectivity index (χ4v) is 1.57. The lowest BCUT2D eigenvalue weighted by molar-refractivity contribution is -0.152. The molecule has 72 valence electrons. The third-order valence-corrected chi connectivity index (χ3v) is 2.70. The van der Waals surface area contributed by atoms with Gasteiger partial charge < -0.3 is 10.2 Å². The molecule has 0 aliphatic carbocycles. The maximum atomic E-state index is 11.3. The molecule has 0 spiro atoms. The topological polar surface area (TPSA) is 57.5 Å². The van der Waals surface area contributed by atoms with E-state index in [9.17, 15) is 15.0 Å².